The second-order valence-electron chi connectivity index (χ2n) is 2.95. The predicted octanol–water partition coefficient (Wildman–Crippen LogP) is 0.514. The fraction of sp³-hybridized carbons (Fsp3) is 0.545. The van der Waals surface area contributed by atoms with Crippen molar-refractivity contribution in [2.24, 2.45) is 5.92 Å². The van der Waals surface area contributed by atoms with Crippen molar-refractivity contribution in [1.82, 2.24) is 0 Å². The van der Waals surface area contributed by atoms with Crippen molar-refractivity contribution in [1.29, 1.82) is 0 Å². The molecule has 0 aromatic carbocycles. The number of rotatable bonds is 5. The van der Waals surface area contributed by atoms with Crippen molar-refractivity contribution in [3.63, 3.8) is 0 Å². The maximum absolute atomic E-state index is 10.5. The van der Waals surface area contributed by atoms with Crippen LogP contribution in [0.15, 0.2) is 12.2 Å². The third kappa shape index (κ3) is 6.41. The molecule has 0 aliphatic rings. The summed E-state index contributed by atoms with van der Waals surface area (Å²) in [5, 5.41) is 18.0. The first-order chi connectivity index (χ1) is 6.74. The summed E-state index contributed by atoms with van der Waals surface area (Å²) in [7, 11) is 0. The largest absolute Gasteiger partial charge is 0.396 e. The Balaban J connectivity index is 3.97. The van der Waals surface area contributed by atoms with Crippen LogP contribution in [0.2, 0.25) is 0 Å². The topological polar surface area (TPSA) is 57.5 Å². The summed E-state index contributed by atoms with van der Waals surface area (Å²) in [6, 6.07) is 0. The maximum Gasteiger partial charge on any atom is 0.123 e. The molecule has 0 aliphatic carbocycles. The standard InChI is InChI=1S/C11H16O3/c1-2-3-4-5-11(14)8-10(9-13)6-7-12/h2-3,9-12,14H,6-8H2,1H3. The molecule has 3 heteroatoms. The van der Waals surface area contributed by atoms with Gasteiger partial charge in [-0.1, -0.05) is 17.9 Å². The van der Waals surface area contributed by atoms with Gasteiger partial charge in [0.25, 0.3) is 0 Å². The zero-order valence-corrected chi connectivity index (χ0v) is 8.31. The molecular formula is C11H16O3. The molecule has 0 aromatic rings. The van der Waals surface area contributed by atoms with Gasteiger partial charge in [0.1, 0.15) is 12.4 Å². The van der Waals surface area contributed by atoms with Crippen molar-refractivity contribution in [3.05, 3.63) is 12.2 Å². The lowest BCUT2D eigenvalue weighted by Gasteiger charge is -2.09. The highest BCUT2D eigenvalue weighted by atomic mass is 16.3. The summed E-state index contributed by atoms with van der Waals surface area (Å²) < 4.78 is 0. The Kier molecular flexibility index (Phi) is 7.81. The molecule has 0 amide bonds. The average Bonchev–Trinajstić information content (AvgIpc) is 2.17. The van der Waals surface area contributed by atoms with E-state index in [4.69, 9.17) is 5.11 Å². The second kappa shape index (κ2) is 8.49. The Morgan fingerprint density at radius 3 is 2.71 bits per heavy atom. The average molecular weight is 196 g/mol. The molecule has 0 bridgehead atoms. The number of hydrogen-bond donors (Lipinski definition) is 2. The molecule has 0 aromatic heterocycles. The smallest absolute Gasteiger partial charge is 0.123 e. The van der Waals surface area contributed by atoms with Crippen LogP contribution in [0.5, 0.6) is 0 Å². The summed E-state index contributed by atoms with van der Waals surface area (Å²) in [5.74, 6) is 4.92. The van der Waals surface area contributed by atoms with E-state index >= 15 is 0 Å². The number of carbonyl (C=O) groups is 1. The summed E-state index contributed by atoms with van der Waals surface area (Å²) in [4.78, 5) is 10.5. The third-order valence-electron chi connectivity index (χ3n) is 1.72. The van der Waals surface area contributed by atoms with Gasteiger partial charge in [-0.15, -0.1) is 0 Å². The number of hydrogen-bond acceptors (Lipinski definition) is 3. The highest BCUT2D eigenvalue weighted by Gasteiger charge is 2.10. The van der Waals surface area contributed by atoms with Gasteiger partial charge in [-0.2, -0.15) is 0 Å². The summed E-state index contributed by atoms with van der Waals surface area (Å²) in [6.07, 6.45) is 4.01. The summed E-state index contributed by atoms with van der Waals surface area (Å²) in [6.45, 7) is 1.79. The zero-order chi connectivity index (χ0) is 10.8. The van der Waals surface area contributed by atoms with Crippen LogP contribution in [0.25, 0.3) is 0 Å². The number of allylic oxidation sites excluding steroid dienone is 2. The molecule has 0 spiro atoms. The van der Waals surface area contributed by atoms with E-state index in [2.05, 4.69) is 11.8 Å². The van der Waals surface area contributed by atoms with E-state index in [9.17, 15) is 9.90 Å². The molecule has 3 nitrogen and oxygen atoms in total. The van der Waals surface area contributed by atoms with Gasteiger partial charge in [-0.25, -0.2) is 0 Å². The van der Waals surface area contributed by atoms with Crippen LogP contribution < -0.4 is 0 Å². The van der Waals surface area contributed by atoms with Crippen molar-refractivity contribution in [3.8, 4) is 11.8 Å². The van der Waals surface area contributed by atoms with Gasteiger partial charge in [-0.05, 0) is 25.8 Å². The first-order valence-electron chi connectivity index (χ1n) is 4.61. The minimum Gasteiger partial charge on any atom is -0.396 e. The first kappa shape index (κ1) is 12.9. The van der Waals surface area contributed by atoms with Crippen LogP contribution >= 0.6 is 0 Å². The molecule has 0 heterocycles. The quantitative estimate of drug-likeness (QED) is 0.497. The molecule has 0 radical (unpaired) electrons. The van der Waals surface area contributed by atoms with Crippen LogP contribution in [-0.4, -0.2) is 29.2 Å². The van der Waals surface area contributed by atoms with E-state index < -0.39 is 6.10 Å². The van der Waals surface area contributed by atoms with E-state index in [-0.39, 0.29) is 18.9 Å². The van der Waals surface area contributed by atoms with Crippen molar-refractivity contribution in [2.75, 3.05) is 6.61 Å². The summed E-state index contributed by atoms with van der Waals surface area (Å²) >= 11 is 0. The highest BCUT2D eigenvalue weighted by Crippen LogP contribution is 2.07. The van der Waals surface area contributed by atoms with E-state index in [0.29, 0.717) is 6.42 Å². The molecule has 0 rings (SSSR count). The number of carbonyl (C=O) groups excluding carboxylic acids is 1. The van der Waals surface area contributed by atoms with Crippen LogP contribution in [0.3, 0.4) is 0 Å². The van der Waals surface area contributed by atoms with Gasteiger partial charge in [0, 0.05) is 12.5 Å². The van der Waals surface area contributed by atoms with Gasteiger partial charge in [0.05, 0.1) is 0 Å². The molecule has 0 saturated heterocycles. The Hall–Kier alpha value is -1.11. The molecular weight excluding hydrogens is 180 g/mol. The van der Waals surface area contributed by atoms with E-state index in [1.165, 1.54) is 0 Å². The lowest BCUT2D eigenvalue weighted by molar-refractivity contribution is -0.112. The highest BCUT2D eigenvalue weighted by molar-refractivity contribution is 5.53. The SMILES string of the molecule is CC=CC#CC(O)CC(C=O)CCO. The maximum atomic E-state index is 10.5. The molecule has 2 N–H and O–H groups in total. The van der Waals surface area contributed by atoms with Gasteiger partial charge in [0.15, 0.2) is 0 Å². The van der Waals surface area contributed by atoms with Gasteiger partial charge < -0.3 is 15.0 Å². The Morgan fingerprint density at radius 1 is 1.50 bits per heavy atom. The van der Waals surface area contributed by atoms with Crippen LogP contribution in [-0.2, 0) is 4.79 Å². The minimum atomic E-state index is -0.798. The Labute approximate surface area is 84.4 Å². The van der Waals surface area contributed by atoms with Crippen molar-refractivity contribution in [2.45, 2.75) is 25.9 Å². The third-order valence-corrected chi connectivity index (χ3v) is 1.72. The van der Waals surface area contributed by atoms with Gasteiger partial charge in [0.2, 0.25) is 0 Å². The van der Waals surface area contributed by atoms with Gasteiger partial charge >= 0.3 is 0 Å². The number of aldehydes is 1. The first-order valence-corrected chi connectivity index (χ1v) is 4.61. The lowest BCUT2D eigenvalue weighted by Crippen LogP contribution is -2.14. The van der Waals surface area contributed by atoms with E-state index in [1.54, 1.807) is 12.2 Å². The molecule has 2 atom stereocenters. The molecule has 0 fully saturated rings. The minimum absolute atomic E-state index is 0.0432. The fourth-order valence-corrected chi connectivity index (χ4v) is 0.981. The molecule has 0 saturated carbocycles. The normalized spacial score (nSPS) is 14.5. The molecule has 14 heavy (non-hydrogen) atoms. The predicted molar refractivity (Wildman–Crippen MR) is 54.5 cm³/mol. The van der Waals surface area contributed by atoms with Crippen LogP contribution in [0.4, 0.5) is 0 Å². The van der Waals surface area contributed by atoms with E-state index in [0.717, 1.165) is 6.29 Å². The molecule has 78 valence electrons. The zero-order valence-electron chi connectivity index (χ0n) is 8.31. The van der Waals surface area contributed by atoms with Crippen LogP contribution in [0.1, 0.15) is 19.8 Å². The number of aliphatic hydroxyl groups is 2. The monoisotopic (exact) mass is 196 g/mol. The second-order valence-corrected chi connectivity index (χ2v) is 2.95. The van der Waals surface area contributed by atoms with Crippen LogP contribution in [0, 0.1) is 17.8 Å². The molecule has 0 aliphatic heterocycles. The number of aliphatic hydroxyl groups excluding tert-OH is 2. The lowest BCUT2D eigenvalue weighted by atomic mass is 10.0. The fourth-order valence-electron chi connectivity index (χ4n) is 0.981. The van der Waals surface area contributed by atoms with Gasteiger partial charge in [-0.3, -0.25) is 0 Å². The Bertz CT molecular complexity index is 235. The van der Waals surface area contributed by atoms with Crippen molar-refractivity contribution < 1.29 is 15.0 Å². The summed E-state index contributed by atoms with van der Waals surface area (Å²) in [5.41, 5.74) is 0. The Morgan fingerprint density at radius 2 is 2.21 bits per heavy atom. The van der Waals surface area contributed by atoms with Crippen molar-refractivity contribution >= 4 is 6.29 Å². The molecule has 2 unspecified atom stereocenters. The van der Waals surface area contributed by atoms with E-state index in [1.807, 2.05) is 6.92 Å².